The van der Waals surface area contributed by atoms with Crippen LogP contribution in [0.5, 0.6) is 5.75 Å². The topological polar surface area (TPSA) is 130 Å². The summed E-state index contributed by atoms with van der Waals surface area (Å²) < 4.78 is 6.30. The Hall–Kier alpha value is -3.47. The van der Waals surface area contributed by atoms with Gasteiger partial charge < -0.3 is 20.0 Å². The Morgan fingerprint density at radius 2 is 1.84 bits per heavy atom. The van der Waals surface area contributed by atoms with E-state index in [0.29, 0.717) is 60.4 Å². The van der Waals surface area contributed by atoms with Crippen LogP contribution in [0.4, 0.5) is 9.93 Å². The Kier molecular flexibility index (Phi) is 10.1. The molecule has 1 aromatic carbocycles. The summed E-state index contributed by atoms with van der Waals surface area (Å²) >= 11 is 1.49. The van der Waals surface area contributed by atoms with Gasteiger partial charge in [0.05, 0.1) is 5.71 Å². The Bertz CT molecular complexity index is 1720. The van der Waals surface area contributed by atoms with Crippen molar-refractivity contribution in [2.45, 2.75) is 136 Å². The van der Waals surface area contributed by atoms with Crippen molar-refractivity contribution in [3.63, 3.8) is 0 Å². The SMILES string of the molecule is CO/N=C1\C[C@@H](CCC(=O)Nc2ncc(C)s2)C2C3CCc4cc(OC(=O)C5CCCN5C(=O)O)c(C(C)(C)C)c(C(C)(C)C)c4C3CC[C@]12C. The molecule has 278 valence electrons. The van der Waals surface area contributed by atoms with E-state index in [1.54, 1.807) is 13.3 Å². The highest BCUT2D eigenvalue weighted by atomic mass is 32.1. The highest BCUT2D eigenvalue weighted by molar-refractivity contribution is 7.15. The quantitative estimate of drug-likeness (QED) is 0.166. The van der Waals surface area contributed by atoms with Gasteiger partial charge in [-0.2, -0.15) is 0 Å². The maximum atomic E-state index is 13.7. The predicted octanol–water partition coefficient (Wildman–Crippen LogP) is 8.60. The average molecular weight is 721 g/mol. The number of anilines is 1. The van der Waals surface area contributed by atoms with Crippen LogP contribution in [-0.4, -0.2) is 58.4 Å². The first-order valence-electron chi connectivity index (χ1n) is 18.7. The van der Waals surface area contributed by atoms with Gasteiger partial charge in [-0.25, -0.2) is 14.6 Å². The molecule has 11 heteroatoms. The molecule has 0 radical (unpaired) electrons. The van der Waals surface area contributed by atoms with Gasteiger partial charge in [0, 0.05) is 35.0 Å². The van der Waals surface area contributed by atoms with E-state index in [0.717, 1.165) is 54.7 Å². The Labute approximate surface area is 306 Å². The number of carbonyl (C=O) groups excluding carboxylic acids is 2. The van der Waals surface area contributed by atoms with E-state index in [-0.39, 0.29) is 22.2 Å². The number of carboxylic acid groups (broad SMARTS) is 1. The summed E-state index contributed by atoms with van der Waals surface area (Å²) in [6, 6.07) is 1.32. The molecule has 2 N–H and O–H groups in total. The van der Waals surface area contributed by atoms with Crippen molar-refractivity contribution in [1.82, 2.24) is 9.88 Å². The van der Waals surface area contributed by atoms with Crippen LogP contribution in [0.3, 0.4) is 0 Å². The molecule has 2 saturated carbocycles. The number of nitrogens with one attached hydrogen (secondary N) is 1. The Morgan fingerprint density at radius 3 is 2.47 bits per heavy atom. The van der Waals surface area contributed by atoms with Gasteiger partial charge in [0.1, 0.15) is 18.9 Å². The number of likely N-dealkylation sites (tertiary alicyclic amines) is 1. The number of oxime groups is 1. The standard InChI is InChI=1S/C40H56N4O6S/c1-22-21-41-36(51-22)42-30(45)15-13-24-20-29(43-49-9)40(8)17-16-25-26(32(24)40)14-12-23-19-28(50-35(46)27-11-10-18-44(27)37(47)48)33(38(2,3)4)34(31(23)25)39(5,6)7/h19,21,24-27,32H,10-18,20H2,1-9H3,(H,47,48)(H,41,42,45)/b43-29+/t24-,25?,26?,27?,32?,40-/m1/s1. The van der Waals surface area contributed by atoms with Crippen LogP contribution in [0.2, 0.25) is 0 Å². The number of nitrogens with zero attached hydrogens (tertiary/aromatic N) is 3. The lowest BCUT2D eigenvalue weighted by atomic mass is 9.52. The number of aryl methyl sites for hydroxylation is 2. The minimum absolute atomic E-state index is 0.000487. The first kappa shape index (κ1) is 37.3. The van der Waals surface area contributed by atoms with Crippen molar-refractivity contribution >= 4 is 40.1 Å². The van der Waals surface area contributed by atoms with E-state index >= 15 is 0 Å². The maximum absolute atomic E-state index is 13.7. The summed E-state index contributed by atoms with van der Waals surface area (Å²) in [6.07, 6.45) is 7.72. The van der Waals surface area contributed by atoms with E-state index in [1.165, 1.54) is 32.9 Å². The third-order valence-electron chi connectivity index (χ3n) is 12.1. The molecule has 51 heavy (non-hydrogen) atoms. The smallest absolute Gasteiger partial charge is 0.408 e. The molecule has 2 aromatic rings. The number of thiazole rings is 1. The van der Waals surface area contributed by atoms with Crippen molar-refractivity contribution < 1.29 is 29.1 Å². The van der Waals surface area contributed by atoms with Crippen molar-refractivity contribution in [1.29, 1.82) is 0 Å². The summed E-state index contributed by atoms with van der Waals surface area (Å²) in [5.41, 5.74) is 5.36. The zero-order valence-corrected chi connectivity index (χ0v) is 32.7. The van der Waals surface area contributed by atoms with Crippen LogP contribution in [-0.2, 0) is 31.7 Å². The molecule has 2 heterocycles. The lowest BCUT2D eigenvalue weighted by molar-refractivity contribution is -0.138. The van der Waals surface area contributed by atoms with E-state index < -0.39 is 18.1 Å². The normalized spacial score (nSPS) is 28.2. The molecule has 1 saturated heterocycles. The largest absolute Gasteiger partial charge is 0.465 e. The fraction of sp³-hybridized carbons (Fsp3) is 0.675. The van der Waals surface area contributed by atoms with Gasteiger partial charge in [0.15, 0.2) is 5.13 Å². The van der Waals surface area contributed by atoms with Crippen molar-refractivity contribution in [3.05, 3.63) is 39.4 Å². The van der Waals surface area contributed by atoms with Crippen molar-refractivity contribution in [3.8, 4) is 5.75 Å². The van der Waals surface area contributed by atoms with Crippen LogP contribution >= 0.6 is 11.3 Å². The highest BCUT2D eigenvalue weighted by Gasteiger charge is 2.58. The van der Waals surface area contributed by atoms with E-state index in [1.807, 2.05) is 6.92 Å². The molecule has 0 spiro atoms. The van der Waals surface area contributed by atoms with E-state index in [2.05, 4.69) is 70.0 Å². The lowest BCUT2D eigenvalue weighted by Gasteiger charge is -2.52. The summed E-state index contributed by atoms with van der Waals surface area (Å²) in [6.45, 7) is 18.0. The molecule has 3 aliphatic carbocycles. The molecular formula is C40H56N4O6S. The molecule has 3 fully saturated rings. The van der Waals surface area contributed by atoms with Gasteiger partial charge in [-0.05, 0) is 116 Å². The number of hydrogen-bond acceptors (Lipinski definition) is 8. The van der Waals surface area contributed by atoms with Gasteiger partial charge in [-0.3, -0.25) is 9.69 Å². The molecule has 10 nitrogen and oxygen atoms in total. The number of ether oxygens (including phenoxy) is 1. The summed E-state index contributed by atoms with van der Waals surface area (Å²) in [4.78, 5) is 50.8. The molecule has 6 atom stereocenters. The minimum Gasteiger partial charge on any atom is -0.465 e. The summed E-state index contributed by atoms with van der Waals surface area (Å²) in [7, 11) is 1.63. The van der Waals surface area contributed by atoms with Crippen LogP contribution in [0, 0.1) is 30.1 Å². The summed E-state index contributed by atoms with van der Waals surface area (Å²) in [5, 5.41) is 18.0. The highest BCUT2D eigenvalue weighted by Crippen LogP contribution is 2.64. The van der Waals surface area contributed by atoms with Gasteiger partial charge in [0.2, 0.25) is 5.91 Å². The second kappa shape index (κ2) is 13.8. The van der Waals surface area contributed by atoms with Crippen LogP contribution in [0.1, 0.15) is 133 Å². The van der Waals surface area contributed by atoms with E-state index in [9.17, 15) is 19.5 Å². The van der Waals surface area contributed by atoms with Gasteiger partial charge in [-0.1, -0.05) is 53.6 Å². The second-order valence-electron chi connectivity index (χ2n) is 17.6. The molecule has 2 amide bonds. The van der Waals surface area contributed by atoms with Gasteiger partial charge >= 0.3 is 12.1 Å². The number of rotatable bonds is 7. The van der Waals surface area contributed by atoms with Crippen LogP contribution in [0.15, 0.2) is 17.4 Å². The van der Waals surface area contributed by atoms with Gasteiger partial charge in [-0.15, -0.1) is 11.3 Å². The first-order chi connectivity index (χ1) is 23.9. The number of carbonyl (C=O) groups is 3. The molecule has 1 aromatic heterocycles. The molecule has 1 aliphatic heterocycles. The first-order valence-corrected chi connectivity index (χ1v) is 19.5. The predicted molar refractivity (Wildman–Crippen MR) is 200 cm³/mol. The third kappa shape index (κ3) is 7.03. The number of aromatic nitrogens is 1. The zero-order chi connectivity index (χ0) is 37.0. The fourth-order valence-corrected chi connectivity index (χ4v) is 10.9. The molecular weight excluding hydrogens is 665 g/mol. The second-order valence-corrected chi connectivity index (χ2v) is 18.8. The maximum Gasteiger partial charge on any atom is 0.408 e. The average Bonchev–Trinajstić information content (AvgIpc) is 3.76. The molecule has 4 unspecified atom stereocenters. The fourth-order valence-electron chi connectivity index (χ4n) is 10.3. The number of benzene rings is 1. The lowest BCUT2D eigenvalue weighted by Crippen LogP contribution is -2.45. The van der Waals surface area contributed by atoms with Gasteiger partial charge in [0.25, 0.3) is 0 Å². The monoisotopic (exact) mass is 720 g/mol. The number of fused-ring (bicyclic) bond motifs is 5. The van der Waals surface area contributed by atoms with E-state index in [4.69, 9.17) is 9.57 Å². The molecule has 4 aliphatic rings. The Morgan fingerprint density at radius 1 is 1.12 bits per heavy atom. The molecule has 6 rings (SSSR count). The van der Waals surface area contributed by atoms with Crippen LogP contribution < -0.4 is 10.1 Å². The summed E-state index contributed by atoms with van der Waals surface area (Å²) in [5.74, 6) is 1.45. The van der Waals surface area contributed by atoms with Crippen molar-refractivity contribution in [2.24, 2.45) is 28.3 Å². The minimum atomic E-state index is -1.08. The Balaban J connectivity index is 1.37. The zero-order valence-electron chi connectivity index (χ0n) is 31.9. The number of hydrogen-bond donors (Lipinski definition) is 2. The number of esters is 1. The number of amides is 2. The third-order valence-corrected chi connectivity index (χ3v) is 13.0. The molecule has 0 bridgehead atoms. The van der Waals surface area contributed by atoms with Crippen molar-refractivity contribution in [2.75, 3.05) is 19.0 Å². The van der Waals surface area contributed by atoms with Crippen LogP contribution in [0.25, 0.3) is 0 Å².